The molecule has 0 bridgehead atoms. The SMILES string of the molecule is O=S(=O)(NC1CC1)c1ccc2c(c1)NCCO2. The highest BCUT2D eigenvalue weighted by molar-refractivity contribution is 7.89. The molecule has 1 aliphatic heterocycles. The summed E-state index contributed by atoms with van der Waals surface area (Å²) >= 11 is 0. The monoisotopic (exact) mass is 254 g/mol. The van der Waals surface area contributed by atoms with Crippen LogP contribution in [0.15, 0.2) is 23.1 Å². The molecule has 1 aliphatic carbocycles. The molecule has 0 aromatic heterocycles. The van der Waals surface area contributed by atoms with Crippen LogP contribution in [0.2, 0.25) is 0 Å². The van der Waals surface area contributed by atoms with E-state index in [-0.39, 0.29) is 6.04 Å². The van der Waals surface area contributed by atoms with Crippen molar-refractivity contribution in [2.24, 2.45) is 0 Å². The highest BCUT2D eigenvalue weighted by Crippen LogP contribution is 2.30. The lowest BCUT2D eigenvalue weighted by Crippen LogP contribution is -2.26. The summed E-state index contributed by atoms with van der Waals surface area (Å²) in [5.74, 6) is 0.710. The van der Waals surface area contributed by atoms with Crippen LogP contribution in [-0.4, -0.2) is 27.6 Å². The van der Waals surface area contributed by atoms with E-state index < -0.39 is 10.0 Å². The topological polar surface area (TPSA) is 67.4 Å². The molecule has 0 amide bonds. The third-order valence-electron chi connectivity index (χ3n) is 2.84. The van der Waals surface area contributed by atoms with Gasteiger partial charge in [0, 0.05) is 12.6 Å². The van der Waals surface area contributed by atoms with Gasteiger partial charge >= 0.3 is 0 Å². The third kappa shape index (κ3) is 2.23. The Hall–Kier alpha value is -1.27. The molecule has 0 saturated heterocycles. The van der Waals surface area contributed by atoms with E-state index in [1.165, 1.54) is 0 Å². The second-order valence-corrected chi connectivity index (χ2v) is 6.04. The lowest BCUT2D eigenvalue weighted by Gasteiger charge is -2.19. The largest absolute Gasteiger partial charge is 0.490 e. The molecule has 1 aromatic rings. The third-order valence-corrected chi connectivity index (χ3v) is 4.35. The minimum Gasteiger partial charge on any atom is -0.490 e. The van der Waals surface area contributed by atoms with E-state index in [1.54, 1.807) is 18.2 Å². The van der Waals surface area contributed by atoms with Crippen molar-refractivity contribution in [2.45, 2.75) is 23.8 Å². The van der Waals surface area contributed by atoms with E-state index in [0.717, 1.165) is 18.5 Å². The summed E-state index contributed by atoms with van der Waals surface area (Å²) in [5.41, 5.74) is 0.745. The van der Waals surface area contributed by atoms with Gasteiger partial charge in [0.2, 0.25) is 10.0 Å². The number of benzene rings is 1. The number of fused-ring (bicyclic) bond motifs is 1. The summed E-state index contributed by atoms with van der Waals surface area (Å²) in [4.78, 5) is 0.293. The molecule has 0 unspecified atom stereocenters. The van der Waals surface area contributed by atoms with Crippen LogP contribution < -0.4 is 14.8 Å². The van der Waals surface area contributed by atoms with Crippen LogP contribution in [-0.2, 0) is 10.0 Å². The predicted molar refractivity (Wildman–Crippen MR) is 63.8 cm³/mol. The Morgan fingerprint density at radius 3 is 2.94 bits per heavy atom. The second kappa shape index (κ2) is 3.89. The Bertz CT molecular complexity index is 538. The van der Waals surface area contributed by atoms with E-state index in [2.05, 4.69) is 10.0 Å². The first-order valence-electron chi connectivity index (χ1n) is 5.68. The van der Waals surface area contributed by atoms with Crippen molar-refractivity contribution in [1.82, 2.24) is 4.72 Å². The Morgan fingerprint density at radius 2 is 2.18 bits per heavy atom. The molecule has 1 fully saturated rings. The summed E-state index contributed by atoms with van der Waals surface area (Å²) in [7, 11) is -3.38. The van der Waals surface area contributed by atoms with Crippen molar-refractivity contribution in [1.29, 1.82) is 0 Å². The van der Waals surface area contributed by atoms with Crippen molar-refractivity contribution in [3.8, 4) is 5.75 Å². The van der Waals surface area contributed by atoms with Gasteiger partial charge in [0.1, 0.15) is 12.4 Å². The minimum atomic E-state index is -3.38. The van der Waals surface area contributed by atoms with Gasteiger partial charge in [-0.15, -0.1) is 0 Å². The number of ether oxygens (including phenoxy) is 1. The maximum absolute atomic E-state index is 12.0. The molecular formula is C11H14N2O3S. The van der Waals surface area contributed by atoms with Gasteiger partial charge in [0.05, 0.1) is 10.6 Å². The van der Waals surface area contributed by atoms with Gasteiger partial charge in [0.15, 0.2) is 0 Å². The van der Waals surface area contributed by atoms with Gasteiger partial charge in [-0.05, 0) is 31.0 Å². The number of hydrogen-bond donors (Lipinski definition) is 2. The van der Waals surface area contributed by atoms with Crippen molar-refractivity contribution >= 4 is 15.7 Å². The molecule has 5 nitrogen and oxygen atoms in total. The number of rotatable bonds is 3. The molecule has 92 valence electrons. The average Bonchev–Trinajstić information content (AvgIpc) is 3.11. The van der Waals surface area contributed by atoms with Crippen molar-refractivity contribution in [3.63, 3.8) is 0 Å². The Balaban J connectivity index is 1.92. The molecule has 0 spiro atoms. The first-order chi connectivity index (χ1) is 8.15. The smallest absolute Gasteiger partial charge is 0.240 e. The summed E-state index contributed by atoms with van der Waals surface area (Å²) in [6.07, 6.45) is 1.87. The quantitative estimate of drug-likeness (QED) is 0.842. The van der Waals surface area contributed by atoms with Crippen LogP contribution in [0.3, 0.4) is 0 Å². The van der Waals surface area contributed by atoms with E-state index in [1.807, 2.05) is 0 Å². The van der Waals surface area contributed by atoms with Crippen LogP contribution in [0.4, 0.5) is 5.69 Å². The zero-order chi connectivity index (χ0) is 11.9. The van der Waals surface area contributed by atoms with E-state index in [0.29, 0.717) is 23.8 Å². The second-order valence-electron chi connectivity index (χ2n) is 4.33. The van der Waals surface area contributed by atoms with Gasteiger partial charge in [-0.2, -0.15) is 0 Å². The Kier molecular flexibility index (Phi) is 2.48. The molecule has 17 heavy (non-hydrogen) atoms. The van der Waals surface area contributed by atoms with E-state index >= 15 is 0 Å². The molecule has 6 heteroatoms. The van der Waals surface area contributed by atoms with Crippen LogP contribution in [0.5, 0.6) is 5.75 Å². The van der Waals surface area contributed by atoms with Crippen LogP contribution in [0.25, 0.3) is 0 Å². The normalized spacial score (nSPS) is 19.1. The van der Waals surface area contributed by atoms with Gasteiger partial charge < -0.3 is 10.1 Å². The number of nitrogens with one attached hydrogen (secondary N) is 2. The highest BCUT2D eigenvalue weighted by atomic mass is 32.2. The van der Waals surface area contributed by atoms with Gasteiger partial charge in [-0.3, -0.25) is 0 Å². The summed E-state index contributed by atoms with van der Waals surface area (Å²) in [6, 6.07) is 5.03. The number of hydrogen-bond acceptors (Lipinski definition) is 4. The molecule has 3 rings (SSSR count). The zero-order valence-corrected chi connectivity index (χ0v) is 10.1. The molecule has 1 heterocycles. The standard InChI is InChI=1S/C11H14N2O3S/c14-17(15,13-8-1-2-8)9-3-4-11-10(7-9)12-5-6-16-11/h3-4,7-8,12-13H,1-2,5-6H2. The molecule has 1 saturated carbocycles. The molecular weight excluding hydrogens is 240 g/mol. The molecule has 0 atom stereocenters. The fourth-order valence-corrected chi connectivity index (χ4v) is 3.11. The molecule has 2 N–H and O–H groups in total. The van der Waals surface area contributed by atoms with E-state index in [4.69, 9.17) is 4.74 Å². The minimum absolute atomic E-state index is 0.125. The molecule has 2 aliphatic rings. The van der Waals surface area contributed by atoms with Gasteiger partial charge in [0.25, 0.3) is 0 Å². The molecule has 0 radical (unpaired) electrons. The van der Waals surface area contributed by atoms with E-state index in [9.17, 15) is 8.42 Å². The van der Waals surface area contributed by atoms with Crippen molar-refractivity contribution < 1.29 is 13.2 Å². The fourth-order valence-electron chi connectivity index (χ4n) is 1.78. The number of anilines is 1. The highest BCUT2D eigenvalue weighted by Gasteiger charge is 2.28. The summed E-state index contributed by atoms with van der Waals surface area (Å²) in [6.45, 7) is 1.31. The van der Waals surface area contributed by atoms with Crippen molar-refractivity contribution in [3.05, 3.63) is 18.2 Å². The van der Waals surface area contributed by atoms with Gasteiger partial charge in [-0.1, -0.05) is 0 Å². The van der Waals surface area contributed by atoms with Crippen LogP contribution in [0, 0.1) is 0 Å². The number of sulfonamides is 1. The lowest BCUT2D eigenvalue weighted by atomic mass is 10.2. The molecule has 1 aromatic carbocycles. The fraction of sp³-hybridized carbons (Fsp3) is 0.455. The first-order valence-corrected chi connectivity index (χ1v) is 7.16. The van der Waals surface area contributed by atoms with Gasteiger partial charge in [-0.25, -0.2) is 13.1 Å². The maximum atomic E-state index is 12.0. The van der Waals surface area contributed by atoms with Crippen LogP contribution >= 0.6 is 0 Å². The zero-order valence-electron chi connectivity index (χ0n) is 9.27. The lowest BCUT2D eigenvalue weighted by molar-refractivity contribution is 0.323. The average molecular weight is 254 g/mol. The predicted octanol–water partition coefficient (Wildman–Crippen LogP) is 0.932. The summed E-state index contributed by atoms with van der Waals surface area (Å²) in [5, 5.41) is 3.13. The Labute approximate surface area is 100 Å². The summed E-state index contributed by atoms with van der Waals surface area (Å²) < 4.78 is 32.0. The van der Waals surface area contributed by atoms with Crippen LogP contribution in [0.1, 0.15) is 12.8 Å². The maximum Gasteiger partial charge on any atom is 0.240 e. The van der Waals surface area contributed by atoms with Crippen molar-refractivity contribution in [2.75, 3.05) is 18.5 Å². The first kappa shape index (κ1) is 10.9. The Morgan fingerprint density at radius 1 is 1.35 bits per heavy atom.